The van der Waals surface area contributed by atoms with Gasteiger partial charge < -0.3 is 19.9 Å². The van der Waals surface area contributed by atoms with Gasteiger partial charge in [0.2, 0.25) is 5.91 Å². The molecule has 5 rings (SSSR count). The average Bonchev–Trinajstić information content (AvgIpc) is 3.35. The number of hydrogen-bond acceptors (Lipinski definition) is 5. The average molecular weight is 463 g/mol. The Balaban J connectivity index is 1.36. The Morgan fingerprint density at radius 3 is 2.62 bits per heavy atom. The van der Waals surface area contributed by atoms with Gasteiger partial charge >= 0.3 is 0 Å². The van der Waals surface area contributed by atoms with Crippen molar-refractivity contribution >= 4 is 23.4 Å². The number of hydrogen-bond donors (Lipinski definition) is 1. The van der Waals surface area contributed by atoms with E-state index in [4.69, 9.17) is 4.74 Å². The van der Waals surface area contributed by atoms with E-state index in [-0.39, 0.29) is 24.3 Å². The molecule has 1 N–H and O–H groups in total. The van der Waals surface area contributed by atoms with Crippen molar-refractivity contribution in [2.24, 2.45) is 0 Å². The molecule has 0 bridgehead atoms. The molecule has 0 aliphatic carbocycles. The molecule has 2 fully saturated rings. The van der Waals surface area contributed by atoms with Gasteiger partial charge in [-0.25, -0.2) is 0 Å². The maximum Gasteiger partial charge on any atom is 0.256 e. The van der Waals surface area contributed by atoms with Crippen LogP contribution in [0.3, 0.4) is 0 Å². The minimum Gasteiger partial charge on any atom is -0.379 e. The highest BCUT2D eigenvalue weighted by Gasteiger charge is 2.42. The van der Waals surface area contributed by atoms with E-state index in [9.17, 15) is 14.4 Å². The first-order valence-corrected chi connectivity index (χ1v) is 12.0. The summed E-state index contributed by atoms with van der Waals surface area (Å²) in [4.78, 5) is 45.5. The molecule has 0 unspecified atom stereocenters. The number of morpholine rings is 1. The molecular weight excluding hydrogens is 432 g/mol. The van der Waals surface area contributed by atoms with Crippen LogP contribution in [0.5, 0.6) is 0 Å². The van der Waals surface area contributed by atoms with Crippen LogP contribution in [0.4, 0.5) is 5.69 Å². The lowest BCUT2D eigenvalue weighted by molar-refractivity contribution is -0.122. The zero-order chi connectivity index (χ0) is 23.5. The lowest BCUT2D eigenvalue weighted by Crippen LogP contribution is -2.45. The number of para-hydroxylation sites is 1. The highest BCUT2D eigenvalue weighted by Crippen LogP contribution is 2.33. The smallest absolute Gasteiger partial charge is 0.256 e. The number of ether oxygens (including phenoxy) is 1. The van der Waals surface area contributed by atoms with Gasteiger partial charge in [-0.05, 0) is 36.6 Å². The van der Waals surface area contributed by atoms with E-state index in [0.717, 1.165) is 44.8 Å². The standard InChI is InChI=1S/C26H30N4O4/c31-24(27-11-13-28-14-16-34-17-15-28)20-7-2-1-6-19(20)18-30-22-9-4-3-8-21(22)25(32)29-12-5-10-23(29)26(30)33/h1-4,6-9,23H,5,10-18H2,(H,27,31)/t23-/m0/s1. The zero-order valence-corrected chi connectivity index (χ0v) is 19.2. The number of rotatable bonds is 6. The highest BCUT2D eigenvalue weighted by atomic mass is 16.5. The minimum atomic E-state index is -0.450. The van der Waals surface area contributed by atoms with Crippen molar-refractivity contribution in [1.29, 1.82) is 0 Å². The third-order valence-electron chi connectivity index (χ3n) is 6.90. The largest absolute Gasteiger partial charge is 0.379 e. The van der Waals surface area contributed by atoms with Gasteiger partial charge in [0.1, 0.15) is 6.04 Å². The van der Waals surface area contributed by atoms with E-state index in [2.05, 4.69) is 10.2 Å². The molecule has 3 aliphatic heterocycles. The van der Waals surface area contributed by atoms with Gasteiger partial charge in [0, 0.05) is 38.3 Å². The number of amides is 3. The van der Waals surface area contributed by atoms with Gasteiger partial charge in [-0.15, -0.1) is 0 Å². The summed E-state index contributed by atoms with van der Waals surface area (Å²) < 4.78 is 5.37. The third-order valence-corrected chi connectivity index (χ3v) is 6.90. The second-order valence-corrected chi connectivity index (χ2v) is 8.97. The Morgan fingerprint density at radius 2 is 1.76 bits per heavy atom. The summed E-state index contributed by atoms with van der Waals surface area (Å²) in [6.45, 7) is 5.35. The van der Waals surface area contributed by atoms with Crippen molar-refractivity contribution in [1.82, 2.24) is 15.1 Å². The quantitative estimate of drug-likeness (QED) is 0.709. The molecule has 0 aromatic heterocycles. The van der Waals surface area contributed by atoms with Crippen molar-refractivity contribution in [2.45, 2.75) is 25.4 Å². The van der Waals surface area contributed by atoms with E-state index in [0.29, 0.717) is 36.3 Å². The number of fused-ring (bicyclic) bond motifs is 2. The van der Waals surface area contributed by atoms with Crippen LogP contribution in [0.15, 0.2) is 48.5 Å². The Kier molecular flexibility index (Phi) is 6.60. The van der Waals surface area contributed by atoms with Gasteiger partial charge in [-0.1, -0.05) is 30.3 Å². The molecule has 8 nitrogen and oxygen atoms in total. The fraction of sp³-hybridized carbons (Fsp3) is 0.423. The molecule has 0 spiro atoms. The molecule has 1 atom stereocenters. The molecule has 34 heavy (non-hydrogen) atoms. The van der Waals surface area contributed by atoms with E-state index < -0.39 is 6.04 Å². The van der Waals surface area contributed by atoms with Crippen molar-refractivity contribution in [3.8, 4) is 0 Å². The number of nitrogens with zero attached hydrogens (tertiary/aromatic N) is 3. The first kappa shape index (κ1) is 22.6. The maximum absolute atomic E-state index is 13.6. The molecule has 178 valence electrons. The molecule has 2 aromatic carbocycles. The van der Waals surface area contributed by atoms with Gasteiger partial charge in [-0.3, -0.25) is 19.3 Å². The van der Waals surface area contributed by atoms with E-state index >= 15 is 0 Å². The summed E-state index contributed by atoms with van der Waals surface area (Å²) in [7, 11) is 0. The predicted molar refractivity (Wildman–Crippen MR) is 128 cm³/mol. The van der Waals surface area contributed by atoms with Crippen LogP contribution < -0.4 is 10.2 Å². The summed E-state index contributed by atoms with van der Waals surface area (Å²) in [5, 5.41) is 3.02. The molecule has 0 saturated carbocycles. The maximum atomic E-state index is 13.6. The first-order valence-electron chi connectivity index (χ1n) is 12.0. The molecule has 3 heterocycles. The third kappa shape index (κ3) is 4.43. The fourth-order valence-electron chi connectivity index (χ4n) is 5.07. The summed E-state index contributed by atoms with van der Waals surface area (Å²) in [5.74, 6) is -0.334. The van der Waals surface area contributed by atoms with Crippen LogP contribution in [0.1, 0.15) is 39.1 Å². The second kappa shape index (κ2) is 9.95. The van der Waals surface area contributed by atoms with Gasteiger partial charge in [0.05, 0.1) is 31.0 Å². The lowest BCUT2D eigenvalue weighted by Gasteiger charge is -2.27. The number of anilines is 1. The summed E-state index contributed by atoms with van der Waals surface area (Å²) in [6, 6.07) is 14.2. The molecule has 0 radical (unpaired) electrons. The van der Waals surface area contributed by atoms with Gasteiger partial charge in [0.15, 0.2) is 0 Å². The monoisotopic (exact) mass is 462 g/mol. The highest BCUT2D eigenvalue weighted by molar-refractivity contribution is 6.11. The minimum absolute atomic E-state index is 0.0849. The Hall–Kier alpha value is -3.23. The lowest BCUT2D eigenvalue weighted by atomic mass is 10.0. The van der Waals surface area contributed by atoms with Crippen LogP contribution in [-0.4, -0.2) is 79.5 Å². The Bertz CT molecular complexity index is 1080. The molecule has 3 amide bonds. The van der Waals surface area contributed by atoms with E-state index in [1.54, 1.807) is 21.9 Å². The molecule has 8 heteroatoms. The van der Waals surface area contributed by atoms with E-state index in [1.807, 2.05) is 36.4 Å². The van der Waals surface area contributed by atoms with Crippen molar-refractivity contribution in [3.63, 3.8) is 0 Å². The second-order valence-electron chi connectivity index (χ2n) is 8.97. The summed E-state index contributed by atoms with van der Waals surface area (Å²) in [5.41, 5.74) is 2.45. The Labute approximate surface area is 199 Å². The van der Waals surface area contributed by atoms with Crippen LogP contribution in [0.2, 0.25) is 0 Å². The summed E-state index contributed by atoms with van der Waals surface area (Å²) in [6.07, 6.45) is 1.49. The summed E-state index contributed by atoms with van der Waals surface area (Å²) >= 11 is 0. The molecule has 2 saturated heterocycles. The van der Waals surface area contributed by atoms with Crippen molar-refractivity contribution in [2.75, 3.05) is 50.8 Å². The number of benzene rings is 2. The van der Waals surface area contributed by atoms with Crippen LogP contribution in [-0.2, 0) is 16.1 Å². The first-order chi connectivity index (χ1) is 16.6. The van der Waals surface area contributed by atoms with Crippen molar-refractivity contribution < 1.29 is 19.1 Å². The molecule has 3 aliphatic rings. The number of nitrogens with one attached hydrogen (secondary N) is 1. The molecular formula is C26H30N4O4. The predicted octanol–water partition coefficient (Wildman–Crippen LogP) is 1.90. The SMILES string of the molecule is O=C(NCCN1CCOCC1)c1ccccc1CN1C(=O)[C@@H]2CCCN2C(=O)c2ccccc21. The number of carbonyl (C=O) groups excluding carboxylic acids is 3. The fourth-order valence-corrected chi connectivity index (χ4v) is 5.07. The van der Waals surface area contributed by atoms with Gasteiger partial charge in [0.25, 0.3) is 11.8 Å². The van der Waals surface area contributed by atoms with E-state index in [1.165, 1.54) is 0 Å². The van der Waals surface area contributed by atoms with Crippen LogP contribution >= 0.6 is 0 Å². The van der Waals surface area contributed by atoms with Gasteiger partial charge in [-0.2, -0.15) is 0 Å². The topological polar surface area (TPSA) is 82.2 Å². The number of carbonyl (C=O) groups is 3. The normalized spacial score (nSPS) is 20.6. The Morgan fingerprint density at radius 1 is 1.00 bits per heavy atom. The molecule has 2 aromatic rings. The van der Waals surface area contributed by atoms with Crippen LogP contribution in [0, 0.1) is 0 Å². The van der Waals surface area contributed by atoms with Crippen LogP contribution in [0.25, 0.3) is 0 Å². The van der Waals surface area contributed by atoms with Crippen molar-refractivity contribution in [3.05, 3.63) is 65.2 Å². The zero-order valence-electron chi connectivity index (χ0n) is 19.2.